The summed E-state index contributed by atoms with van der Waals surface area (Å²) in [6.45, 7) is 0. The minimum absolute atomic E-state index is 0.0721. The van der Waals surface area contributed by atoms with Crippen LogP contribution in [0.2, 0.25) is 0 Å². The van der Waals surface area contributed by atoms with Crippen molar-refractivity contribution in [1.29, 1.82) is 0 Å². The van der Waals surface area contributed by atoms with E-state index in [1.807, 2.05) is 18.2 Å². The number of nitrogens with zero attached hydrogens (tertiary/aromatic N) is 1. The van der Waals surface area contributed by atoms with E-state index in [0.29, 0.717) is 6.42 Å². The fourth-order valence-electron chi connectivity index (χ4n) is 1.11. The van der Waals surface area contributed by atoms with E-state index < -0.39 is 0 Å². The van der Waals surface area contributed by atoms with Gasteiger partial charge in [-0.15, -0.1) is 0 Å². The normalized spacial score (nSPS) is 14.7. The lowest BCUT2D eigenvalue weighted by molar-refractivity contribution is -0.117. The van der Waals surface area contributed by atoms with Crippen LogP contribution in [0.4, 0.5) is 0 Å². The Kier molecular flexibility index (Phi) is 1.32. The predicted octanol–water partition coefficient (Wildman–Crippen LogP) is 0.988. The SMILES string of the molecule is O=C1Cc2c[c]ccc2C=N1. The molecule has 1 heterocycles. The lowest BCUT2D eigenvalue weighted by Gasteiger charge is -2.06. The van der Waals surface area contributed by atoms with Gasteiger partial charge in [-0.25, -0.2) is 4.99 Å². The average Bonchev–Trinajstić information content (AvgIpc) is 2.04. The molecule has 0 spiro atoms. The fraction of sp³-hybridized carbons (Fsp3) is 0.111. The molecule has 0 unspecified atom stereocenters. The van der Waals surface area contributed by atoms with E-state index in [-0.39, 0.29) is 5.91 Å². The van der Waals surface area contributed by atoms with Crippen molar-refractivity contribution in [3.8, 4) is 0 Å². The van der Waals surface area contributed by atoms with Crippen LogP contribution in [0.3, 0.4) is 0 Å². The van der Waals surface area contributed by atoms with Gasteiger partial charge >= 0.3 is 0 Å². The van der Waals surface area contributed by atoms with E-state index in [1.54, 1.807) is 6.21 Å². The zero-order chi connectivity index (χ0) is 7.68. The molecule has 0 aliphatic carbocycles. The summed E-state index contributed by atoms with van der Waals surface area (Å²) in [5.41, 5.74) is 2.05. The second kappa shape index (κ2) is 2.31. The highest BCUT2D eigenvalue weighted by Gasteiger charge is 2.09. The minimum atomic E-state index is -0.0721. The Morgan fingerprint density at radius 2 is 2.45 bits per heavy atom. The third-order valence-electron chi connectivity index (χ3n) is 1.68. The van der Waals surface area contributed by atoms with Gasteiger partial charge in [0.2, 0.25) is 5.91 Å². The quantitative estimate of drug-likeness (QED) is 0.534. The molecule has 53 valence electrons. The summed E-state index contributed by atoms with van der Waals surface area (Å²) in [6.07, 6.45) is 2.03. The molecule has 0 aromatic heterocycles. The van der Waals surface area contributed by atoms with E-state index in [2.05, 4.69) is 11.1 Å². The summed E-state index contributed by atoms with van der Waals surface area (Å²) >= 11 is 0. The van der Waals surface area contributed by atoms with Crippen molar-refractivity contribution in [2.45, 2.75) is 6.42 Å². The summed E-state index contributed by atoms with van der Waals surface area (Å²) in [7, 11) is 0. The molecular weight excluding hydrogens is 138 g/mol. The van der Waals surface area contributed by atoms with Gasteiger partial charge in [-0.05, 0) is 23.3 Å². The molecule has 0 saturated heterocycles. The van der Waals surface area contributed by atoms with Gasteiger partial charge in [0, 0.05) is 6.21 Å². The monoisotopic (exact) mass is 144 g/mol. The third kappa shape index (κ3) is 1.07. The molecule has 0 saturated carbocycles. The first-order valence-corrected chi connectivity index (χ1v) is 3.42. The van der Waals surface area contributed by atoms with E-state index in [1.165, 1.54) is 0 Å². The van der Waals surface area contributed by atoms with Crippen LogP contribution in [0.1, 0.15) is 11.1 Å². The highest BCUT2D eigenvalue weighted by Crippen LogP contribution is 2.10. The maximum Gasteiger partial charge on any atom is 0.250 e. The van der Waals surface area contributed by atoms with E-state index in [0.717, 1.165) is 11.1 Å². The number of benzene rings is 1. The van der Waals surface area contributed by atoms with Gasteiger partial charge in [-0.3, -0.25) is 4.79 Å². The van der Waals surface area contributed by atoms with Gasteiger partial charge < -0.3 is 0 Å². The average molecular weight is 144 g/mol. The molecule has 1 radical (unpaired) electrons. The number of hydrogen-bond donors (Lipinski definition) is 0. The molecule has 0 fully saturated rings. The highest BCUT2D eigenvalue weighted by molar-refractivity contribution is 5.98. The zero-order valence-corrected chi connectivity index (χ0v) is 5.87. The Hall–Kier alpha value is -1.44. The second-order valence-corrected chi connectivity index (χ2v) is 2.45. The molecule has 0 bridgehead atoms. The van der Waals surface area contributed by atoms with Crippen molar-refractivity contribution < 1.29 is 4.79 Å². The smallest absolute Gasteiger partial charge is 0.250 e. The van der Waals surface area contributed by atoms with Gasteiger partial charge in [0.25, 0.3) is 0 Å². The molecule has 1 amide bonds. The number of aliphatic imine (C=N–C) groups is 1. The molecule has 11 heavy (non-hydrogen) atoms. The fourth-order valence-corrected chi connectivity index (χ4v) is 1.11. The Morgan fingerprint density at radius 3 is 3.36 bits per heavy atom. The maximum absolute atomic E-state index is 10.8. The zero-order valence-electron chi connectivity index (χ0n) is 5.87. The Morgan fingerprint density at radius 1 is 1.55 bits per heavy atom. The predicted molar refractivity (Wildman–Crippen MR) is 41.6 cm³/mol. The Bertz CT molecular complexity index is 328. The third-order valence-corrected chi connectivity index (χ3v) is 1.68. The molecule has 1 aromatic rings. The summed E-state index contributed by atoms with van der Waals surface area (Å²) in [4.78, 5) is 14.5. The maximum atomic E-state index is 10.8. The van der Waals surface area contributed by atoms with E-state index >= 15 is 0 Å². The lowest BCUT2D eigenvalue weighted by atomic mass is 10.0. The van der Waals surface area contributed by atoms with E-state index in [4.69, 9.17) is 0 Å². The van der Waals surface area contributed by atoms with Gasteiger partial charge in [0.1, 0.15) is 0 Å². The van der Waals surface area contributed by atoms with Crippen LogP contribution < -0.4 is 0 Å². The molecule has 0 N–H and O–H groups in total. The van der Waals surface area contributed by atoms with Crippen LogP contribution in [0.25, 0.3) is 0 Å². The number of carbonyl (C=O) groups is 1. The second-order valence-electron chi connectivity index (χ2n) is 2.45. The van der Waals surface area contributed by atoms with Crippen molar-refractivity contribution in [2.75, 3.05) is 0 Å². The number of carbonyl (C=O) groups excluding carboxylic acids is 1. The van der Waals surface area contributed by atoms with Crippen molar-refractivity contribution in [3.63, 3.8) is 0 Å². The van der Waals surface area contributed by atoms with Crippen LogP contribution in [0, 0.1) is 6.07 Å². The van der Waals surface area contributed by atoms with Gasteiger partial charge in [-0.1, -0.05) is 12.1 Å². The minimum Gasteiger partial charge on any atom is -0.272 e. The first-order valence-electron chi connectivity index (χ1n) is 3.42. The molecule has 2 heteroatoms. The van der Waals surface area contributed by atoms with Gasteiger partial charge in [0.05, 0.1) is 6.42 Å². The van der Waals surface area contributed by atoms with Crippen LogP contribution in [0.15, 0.2) is 23.2 Å². The molecule has 1 aliphatic rings. The number of hydrogen-bond acceptors (Lipinski definition) is 1. The van der Waals surface area contributed by atoms with Crippen molar-refractivity contribution >= 4 is 12.1 Å². The molecule has 2 nitrogen and oxygen atoms in total. The lowest BCUT2D eigenvalue weighted by Crippen LogP contribution is -2.08. The van der Waals surface area contributed by atoms with Crippen molar-refractivity contribution in [2.24, 2.45) is 4.99 Å². The van der Waals surface area contributed by atoms with Crippen LogP contribution in [-0.2, 0) is 11.2 Å². The van der Waals surface area contributed by atoms with Crippen LogP contribution in [0.5, 0.6) is 0 Å². The van der Waals surface area contributed by atoms with Gasteiger partial charge in [-0.2, -0.15) is 0 Å². The first-order chi connectivity index (χ1) is 5.36. The standard InChI is InChI=1S/C9H6NO/c11-9-5-7-3-1-2-4-8(7)6-10-9/h2-4,6H,5H2. The molecule has 2 rings (SSSR count). The van der Waals surface area contributed by atoms with Crippen molar-refractivity contribution in [3.05, 3.63) is 35.4 Å². The number of rotatable bonds is 0. The number of fused-ring (bicyclic) bond motifs is 1. The summed E-state index contributed by atoms with van der Waals surface area (Å²) in [5, 5.41) is 0. The molecular formula is C9H6NO. The summed E-state index contributed by atoms with van der Waals surface area (Å²) in [5.74, 6) is -0.0721. The molecule has 1 aliphatic heterocycles. The van der Waals surface area contributed by atoms with Crippen molar-refractivity contribution in [1.82, 2.24) is 0 Å². The van der Waals surface area contributed by atoms with Crippen LogP contribution in [-0.4, -0.2) is 12.1 Å². The molecule has 1 aromatic carbocycles. The van der Waals surface area contributed by atoms with Crippen LogP contribution >= 0.6 is 0 Å². The largest absolute Gasteiger partial charge is 0.272 e. The summed E-state index contributed by atoms with van der Waals surface area (Å²) in [6, 6.07) is 8.49. The van der Waals surface area contributed by atoms with E-state index in [9.17, 15) is 4.79 Å². The topological polar surface area (TPSA) is 29.4 Å². The first kappa shape index (κ1) is 6.28. The summed E-state index contributed by atoms with van der Waals surface area (Å²) < 4.78 is 0. The van der Waals surface area contributed by atoms with Gasteiger partial charge in [0.15, 0.2) is 0 Å². The highest BCUT2D eigenvalue weighted by atomic mass is 16.1. The number of amides is 1. The Labute approximate surface area is 64.6 Å². The molecule has 0 atom stereocenters. The Balaban J connectivity index is 2.54.